The van der Waals surface area contributed by atoms with E-state index in [0.29, 0.717) is 24.0 Å². The Morgan fingerprint density at radius 1 is 1.17 bits per heavy atom. The normalized spacial score (nSPS) is 18.6. The molecule has 6 heteroatoms. The minimum atomic E-state index is -3.39. The van der Waals surface area contributed by atoms with Crippen molar-refractivity contribution in [2.45, 2.75) is 43.7 Å². The molecule has 0 saturated carbocycles. The van der Waals surface area contributed by atoms with Crippen LogP contribution in [-0.4, -0.2) is 31.9 Å². The molecule has 1 fully saturated rings. The number of hydrogen-bond acceptors (Lipinski definition) is 4. The fourth-order valence-electron chi connectivity index (χ4n) is 3.10. The molecule has 0 radical (unpaired) electrons. The number of sulfonamides is 1. The highest BCUT2D eigenvalue weighted by atomic mass is 32.2. The molecule has 0 bridgehead atoms. The number of nitrogens with one attached hydrogen (secondary N) is 1. The second-order valence-corrected chi connectivity index (χ2v) is 8.33. The van der Waals surface area contributed by atoms with E-state index in [9.17, 15) is 8.42 Å². The summed E-state index contributed by atoms with van der Waals surface area (Å²) in [6.45, 7) is 5.10. The first kappa shape index (κ1) is 17.2. The largest absolute Gasteiger partial charge is 0.468 e. The first-order chi connectivity index (χ1) is 11.5. The number of nitrogens with zero attached hydrogens (tertiary/aromatic N) is 1. The molecular formula is C18H24N2O3S. The number of piperidine rings is 1. The van der Waals surface area contributed by atoms with E-state index in [4.69, 9.17) is 4.42 Å². The lowest BCUT2D eigenvalue weighted by Gasteiger charge is -2.33. The maximum Gasteiger partial charge on any atom is 0.243 e. The molecule has 5 nitrogen and oxygen atoms in total. The van der Waals surface area contributed by atoms with Gasteiger partial charge in [0.05, 0.1) is 17.2 Å². The van der Waals surface area contributed by atoms with Crippen molar-refractivity contribution in [3.05, 3.63) is 54.0 Å². The third kappa shape index (κ3) is 3.71. The van der Waals surface area contributed by atoms with E-state index in [1.165, 1.54) is 0 Å². The minimum absolute atomic E-state index is 0.130. The lowest BCUT2D eigenvalue weighted by molar-refractivity contribution is 0.268. The van der Waals surface area contributed by atoms with E-state index in [1.807, 2.05) is 31.2 Å². The molecule has 1 aromatic carbocycles. The van der Waals surface area contributed by atoms with Crippen LogP contribution in [0.5, 0.6) is 0 Å². The van der Waals surface area contributed by atoms with E-state index in [2.05, 4.69) is 12.2 Å². The Bertz CT molecular complexity index is 746. The van der Waals surface area contributed by atoms with Crippen molar-refractivity contribution in [3.63, 3.8) is 0 Å². The number of benzene rings is 1. The molecule has 1 saturated heterocycles. The van der Waals surface area contributed by atoms with Crippen molar-refractivity contribution in [3.8, 4) is 0 Å². The number of rotatable bonds is 5. The van der Waals surface area contributed by atoms with E-state index in [0.717, 1.165) is 24.2 Å². The summed E-state index contributed by atoms with van der Waals surface area (Å²) in [5.74, 6) is 0.907. The van der Waals surface area contributed by atoms with Crippen LogP contribution in [0.15, 0.2) is 52.0 Å². The van der Waals surface area contributed by atoms with Gasteiger partial charge in [0.25, 0.3) is 0 Å². The summed E-state index contributed by atoms with van der Waals surface area (Å²) >= 11 is 0. The molecule has 2 aromatic rings. The zero-order valence-electron chi connectivity index (χ0n) is 14.1. The zero-order chi connectivity index (χ0) is 17.2. The van der Waals surface area contributed by atoms with Crippen molar-refractivity contribution in [2.24, 2.45) is 0 Å². The van der Waals surface area contributed by atoms with Crippen LogP contribution < -0.4 is 5.32 Å². The van der Waals surface area contributed by atoms with Gasteiger partial charge in [-0.3, -0.25) is 0 Å². The van der Waals surface area contributed by atoms with Crippen molar-refractivity contribution in [1.82, 2.24) is 9.62 Å². The van der Waals surface area contributed by atoms with Gasteiger partial charge in [-0.25, -0.2) is 8.42 Å². The standard InChI is InChI=1S/C18H24N2O3S/c1-14-5-7-17(8-6-14)24(21,22)20-11-9-16(10-12-20)19-15(2)18-4-3-13-23-18/h3-8,13,15-16,19H,9-12H2,1-2H3. The van der Waals surface area contributed by atoms with Crippen LogP contribution in [0.2, 0.25) is 0 Å². The third-order valence-electron chi connectivity index (χ3n) is 4.57. The molecule has 3 rings (SSSR count). The summed E-state index contributed by atoms with van der Waals surface area (Å²) in [7, 11) is -3.39. The van der Waals surface area contributed by atoms with Gasteiger partial charge < -0.3 is 9.73 Å². The van der Waals surface area contributed by atoms with Crippen molar-refractivity contribution < 1.29 is 12.8 Å². The van der Waals surface area contributed by atoms with Gasteiger partial charge in [-0.2, -0.15) is 4.31 Å². The van der Waals surface area contributed by atoms with Crippen LogP contribution in [0.25, 0.3) is 0 Å². The first-order valence-corrected chi connectivity index (χ1v) is 9.77. The summed E-state index contributed by atoms with van der Waals surface area (Å²) in [6.07, 6.45) is 3.27. The van der Waals surface area contributed by atoms with Crippen LogP contribution in [-0.2, 0) is 10.0 Å². The zero-order valence-corrected chi connectivity index (χ0v) is 14.9. The molecule has 1 unspecified atom stereocenters. The number of furan rings is 1. The highest BCUT2D eigenvalue weighted by Crippen LogP contribution is 2.23. The number of aryl methyl sites for hydroxylation is 1. The Kier molecular flexibility index (Phi) is 5.08. The van der Waals surface area contributed by atoms with Crippen molar-refractivity contribution in [2.75, 3.05) is 13.1 Å². The lowest BCUT2D eigenvalue weighted by atomic mass is 10.1. The van der Waals surface area contributed by atoms with Gasteiger partial charge in [0.1, 0.15) is 5.76 Å². The molecule has 1 aromatic heterocycles. The molecule has 130 valence electrons. The molecule has 1 atom stereocenters. The maximum atomic E-state index is 12.7. The Morgan fingerprint density at radius 2 is 1.83 bits per heavy atom. The maximum absolute atomic E-state index is 12.7. The summed E-state index contributed by atoms with van der Waals surface area (Å²) in [5, 5.41) is 3.53. The molecule has 1 aliphatic rings. The predicted octanol–water partition coefficient (Wildman–Crippen LogP) is 3.09. The smallest absolute Gasteiger partial charge is 0.243 e. The summed E-state index contributed by atoms with van der Waals surface area (Å²) in [6, 6.07) is 11.3. The average molecular weight is 348 g/mol. The van der Waals surface area contributed by atoms with Gasteiger partial charge in [0.15, 0.2) is 0 Å². The van der Waals surface area contributed by atoms with E-state index < -0.39 is 10.0 Å². The van der Waals surface area contributed by atoms with Crippen molar-refractivity contribution >= 4 is 10.0 Å². The van der Waals surface area contributed by atoms with Crippen LogP contribution in [0.3, 0.4) is 0 Å². The quantitative estimate of drug-likeness (QED) is 0.902. The van der Waals surface area contributed by atoms with E-state index >= 15 is 0 Å². The second kappa shape index (κ2) is 7.09. The van der Waals surface area contributed by atoms with Crippen LogP contribution in [0.4, 0.5) is 0 Å². The van der Waals surface area contributed by atoms with Crippen molar-refractivity contribution in [1.29, 1.82) is 0 Å². The Balaban J connectivity index is 1.59. The van der Waals surface area contributed by atoms with Gasteiger partial charge in [-0.15, -0.1) is 0 Å². The monoisotopic (exact) mass is 348 g/mol. The lowest BCUT2D eigenvalue weighted by Crippen LogP contribution is -2.45. The molecule has 0 spiro atoms. The van der Waals surface area contributed by atoms with E-state index in [1.54, 1.807) is 22.7 Å². The molecule has 2 heterocycles. The molecule has 1 N–H and O–H groups in total. The topological polar surface area (TPSA) is 62.6 Å². The average Bonchev–Trinajstić information content (AvgIpc) is 3.10. The summed E-state index contributed by atoms with van der Waals surface area (Å²) in [5.41, 5.74) is 1.06. The fourth-order valence-corrected chi connectivity index (χ4v) is 4.57. The second-order valence-electron chi connectivity index (χ2n) is 6.40. The van der Waals surface area contributed by atoms with Crippen LogP contribution >= 0.6 is 0 Å². The van der Waals surface area contributed by atoms with Gasteiger partial charge in [0.2, 0.25) is 10.0 Å². The van der Waals surface area contributed by atoms with Crippen LogP contribution in [0, 0.1) is 6.92 Å². The van der Waals surface area contributed by atoms with Gasteiger partial charge in [-0.05, 0) is 51.0 Å². The molecular weight excluding hydrogens is 324 g/mol. The molecule has 1 aliphatic heterocycles. The highest BCUT2D eigenvalue weighted by Gasteiger charge is 2.30. The SMILES string of the molecule is Cc1ccc(S(=O)(=O)N2CCC(NC(C)c3ccco3)CC2)cc1. The Labute approximate surface area is 143 Å². The highest BCUT2D eigenvalue weighted by molar-refractivity contribution is 7.89. The van der Waals surface area contributed by atoms with Crippen LogP contribution in [0.1, 0.15) is 37.1 Å². The predicted molar refractivity (Wildman–Crippen MR) is 93.2 cm³/mol. The Hall–Kier alpha value is -1.63. The van der Waals surface area contributed by atoms with Gasteiger partial charge in [0, 0.05) is 19.1 Å². The minimum Gasteiger partial charge on any atom is -0.468 e. The molecule has 0 aliphatic carbocycles. The number of hydrogen-bond donors (Lipinski definition) is 1. The van der Waals surface area contributed by atoms with Gasteiger partial charge in [-0.1, -0.05) is 17.7 Å². The summed E-state index contributed by atoms with van der Waals surface area (Å²) < 4.78 is 32.4. The summed E-state index contributed by atoms with van der Waals surface area (Å²) in [4.78, 5) is 0.378. The fraction of sp³-hybridized carbons (Fsp3) is 0.444. The third-order valence-corrected chi connectivity index (χ3v) is 6.48. The van der Waals surface area contributed by atoms with E-state index in [-0.39, 0.29) is 6.04 Å². The molecule has 0 amide bonds. The van der Waals surface area contributed by atoms with Gasteiger partial charge >= 0.3 is 0 Å². The first-order valence-electron chi connectivity index (χ1n) is 8.33. The Morgan fingerprint density at radius 3 is 2.42 bits per heavy atom. The molecule has 24 heavy (non-hydrogen) atoms.